The first-order valence-electron chi connectivity index (χ1n) is 10.8. The van der Waals surface area contributed by atoms with Crippen LogP contribution in [0.4, 0.5) is 0 Å². The number of thioether (sulfide) groups is 1. The van der Waals surface area contributed by atoms with Crippen molar-refractivity contribution in [3.63, 3.8) is 0 Å². The lowest BCUT2D eigenvalue weighted by molar-refractivity contribution is -0.569. The largest absolute Gasteiger partial charge is 0.333 e. The normalized spacial score (nSPS) is 45.7. The first-order chi connectivity index (χ1) is 13.9. The number of rotatable bonds is 1. The summed E-state index contributed by atoms with van der Waals surface area (Å²) in [6.45, 7) is 6.55. The van der Waals surface area contributed by atoms with Gasteiger partial charge in [-0.3, -0.25) is 0 Å². The van der Waals surface area contributed by atoms with Gasteiger partial charge in [0.1, 0.15) is 6.10 Å². The molecule has 0 unspecified atom stereocenters. The Morgan fingerprint density at radius 2 is 1.83 bits per heavy atom. The Balaban J connectivity index is 1.46. The van der Waals surface area contributed by atoms with Gasteiger partial charge in [0.05, 0.1) is 0 Å². The second-order valence-corrected chi connectivity index (χ2v) is 10.2. The molecule has 4 saturated heterocycles. The van der Waals surface area contributed by atoms with Crippen LogP contribution in [0, 0.1) is 35.5 Å². The highest BCUT2D eigenvalue weighted by Crippen LogP contribution is 2.60. The molecule has 0 N–H and O–H groups in total. The number of fused-ring (bicyclic) bond motifs is 2. The van der Waals surface area contributed by atoms with Crippen molar-refractivity contribution in [2.45, 2.75) is 75.1 Å². The molecule has 156 valence electrons. The Labute approximate surface area is 177 Å². The van der Waals surface area contributed by atoms with E-state index in [0.717, 1.165) is 24.8 Å². The van der Waals surface area contributed by atoms with E-state index in [1.54, 1.807) is 11.8 Å². The Bertz CT molecular complexity index is 830. The van der Waals surface area contributed by atoms with E-state index in [0.29, 0.717) is 17.8 Å². The van der Waals surface area contributed by atoms with Crippen LogP contribution in [-0.2, 0) is 19.2 Å². The summed E-state index contributed by atoms with van der Waals surface area (Å²) in [6, 6.07) is 8.38. The molecule has 2 bridgehead atoms. The van der Waals surface area contributed by atoms with Gasteiger partial charge in [0, 0.05) is 22.8 Å². The Hall–Kier alpha value is -1.03. The fraction of sp³-hybridized carbons (Fsp3) is 0.667. The van der Waals surface area contributed by atoms with Gasteiger partial charge in [-0.15, -0.1) is 11.8 Å². The van der Waals surface area contributed by atoms with Gasteiger partial charge in [0.15, 0.2) is 11.9 Å². The smallest absolute Gasteiger partial charge is 0.201 e. The van der Waals surface area contributed by atoms with Crippen molar-refractivity contribution in [1.82, 2.24) is 0 Å². The highest BCUT2D eigenvalue weighted by molar-refractivity contribution is 7.98. The summed E-state index contributed by atoms with van der Waals surface area (Å²) in [5.74, 6) is 7.56. The zero-order chi connectivity index (χ0) is 20.2. The van der Waals surface area contributed by atoms with E-state index in [1.807, 2.05) is 6.92 Å². The summed E-state index contributed by atoms with van der Waals surface area (Å²) < 4.78 is 12.9. The maximum absolute atomic E-state index is 6.52. The average molecular weight is 415 g/mol. The quantitative estimate of drug-likeness (QED) is 0.367. The first kappa shape index (κ1) is 19.9. The van der Waals surface area contributed by atoms with Gasteiger partial charge >= 0.3 is 0 Å². The van der Waals surface area contributed by atoms with Crippen LogP contribution in [0.2, 0.25) is 0 Å². The molecule has 1 aliphatic carbocycles. The standard InChI is InChI=1S/C24H30O4S/c1-15-5-11-20-16(2)21(12-8-17-6-9-18(29-4)10-7-17)25-22-24(20)19(15)13-14-23(3,26-22)27-28-24/h6-7,9-10,15-16,19-22H,5,11,13-14H2,1-4H3/t15-,16-,19+,20+,21-,22-,23-,24-/m1/s1. The lowest BCUT2D eigenvalue weighted by Crippen LogP contribution is -2.70. The molecule has 29 heavy (non-hydrogen) atoms. The minimum absolute atomic E-state index is 0.170. The molecule has 0 amide bonds. The van der Waals surface area contributed by atoms with E-state index < -0.39 is 17.7 Å². The molecule has 1 spiro atoms. The van der Waals surface area contributed by atoms with Gasteiger partial charge in [-0.1, -0.05) is 25.7 Å². The third-order valence-electron chi connectivity index (χ3n) is 7.61. The first-order valence-corrected chi connectivity index (χ1v) is 12.0. The molecule has 5 fully saturated rings. The van der Waals surface area contributed by atoms with Crippen LogP contribution in [0.5, 0.6) is 0 Å². The molecule has 4 nitrogen and oxygen atoms in total. The lowest BCUT2D eigenvalue weighted by atomic mass is 9.57. The van der Waals surface area contributed by atoms with Crippen LogP contribution >= 0.6 is 11.8 Å². The van der Waals surface area contributed by atoms with Crippen LogP contribution < -0.4 is 0 Å². The summed E-state index contributed by atoms with van der Waals surface area (Å²) >= 11 is 1.74. The van der Waals surface area contributed by atoms with E-state index in [2.05, 4.69) is 56.2 Å². The molecule has 4 aliphatic heterocycles. The molecule has 1 aromatic carbocycles. The third kappa shape index (κ3) is 3.16. The van der Waals surface area contributed by atoms with Gasteiger partial charge in [0.25, 0.3) is 0 Å². The minimum atomic E-state index is -0.732. The highest BCUT2D eigenvalue weighted by Gasteiger charge is 2.69. The molecule has 1 aromatic rings. The van der Waals surface area contributed by atoms with E-state index in [9.17, 15) is 0 Å². The summed E-state index contributed by atoms with van der Waals surface area (Å²) in [6.07, 6.45) is 5.70. The number of hydrogen-bond donors (Lipinski definition) is 0. The van der Waals surface area contributed by atoms with E-state index >= 15 is 0 Å². The van der Waals surface area contributed by atoms with Crippen LogP contribution in [0.15, 0.2) is 29.2 Å². The lowest BCUT2D eigenvalue weighted by Gasteiger charge is -2.59. The molecule has 5 aliphatic rings. The van der Waals surface area contributed by atoms with Gasteiger partial charge in [-0.05, 0) is 74.5 Å². The van der Waals surface area contributed by atoms with Crippen molar-refractivity contribution in [3.05, 3.63) is 29.8 Å². The zero-order valence-electron chi connectivity index (χ0n) is 17.6. The molecule has 1 saturated carbocycles. The third-order valence-corrected chi connectivity index (χ3v) is 8.35. The van der Waals surface area contributed by atoms with Crippen molar-refractivity contribution >= 4 is 11.8 Å². The Morgan fingerprint density at radius 3 is 2.59 bits per heavy atom. The van der Waals surface area contributed by atoms with Crippen molar-refractivity contribution < 1.29 is 19.2 Å². The summed E-state index contributed by atoms with van der Waals surface area (Å²) in [5.41, 5.74) is 0.509. The maximum atomic E-state index is 6.52. The molecular weight excluding hydrogens is 384 g/mol. The van der Waals surface area contributed by atoms with Gasteiger partial charge in [0.2, 0.25) is 5.79 Å². The predicted molar refractivity (Wildman–Crippen MR) is 112 cm³/mol. The van der Waals surface area contributed by atoms with Crippen LogP contribution in [0.1, 0.15) is 52.0 Å². The van der Waals surface area contributed by atoms with Crippen molar-refractivity contribution in [2.75, 3.05) is 6.26 Å². The fourth-order valence-electron chi connectivity index (χ4n) is 5.90. The zero-order valence-corrected chi connectivity index (χ0v) is 18.5. The van der Waals surface area contributed by atoms with Gasteiger partial charge in [-0.2, -0.15) is 0 Å². The van der Waals surface area contributed by atoms with E-state index in [1.165, 1.54) is 11.3 Å². The molecule has 0 aromatic heterocycles. The topological polar surface area (TPSA) is 36.9 Å². The van der Waals surface area contributed by atoms with Crippen LogP contribution in [0.3, 0.4) is 0 Å². The minimum Gasteiger partial charge on any atom is -0.333 e. The van der Waals surface area contributed by atoms with E-state index in [4.69, 9.17) is 19.2 Å². The monoisotopic (exact) mass is 414 g/mol. The Kier molecular flexibility index (Phi) is 5.00. The van der Waals surface area contributed by atoms with Gasteiger partial charge < -0.3 is 9.47 Å². The maximum Gasteiger partial charge on any atom is 0.201 e. The number of hydrogen-bond acceptors (Lipinski definition) is 5. The highest BCUT2D eigenvalue weighted by atomic mass is 32.2. The molecule has 8 atom stereocenters. The summed E-state index contributed by atoms with van der Waals surface area (Å²) in [4.78, 5) is 13.3. The summed E-state index contributed by atoms with van der Waals surface area (Å²) in [5, 5.41) is 0. The number of ether oxygens (including phenoxy) is 2. The fourth-order valence-corrected chi connectivity index (χ4v) is 6.31. The summed E-state index contributed by atoms with van der Waals surface area (Å²) in [7, 11) is 0. The predicted octanol–water partition coefficient (Wildman–Crippen LogP) is 5.01. The molecule has 5 heteroatoms. The second kappa shape index (κ2) is 7.28. The Morgan fingerprint density at radius 1 is 1.03 bits per heavy atom. The second-order valence-electron chi connectivity index (χ2n) is 9.32. The van der Waals surface area contributed by atoms with E-state index in [-0.39, 0.29) is 12.0 Å². The van der Waals surface area contributed by atoms with Crippen molar-refractivity contribution in [1.29, 1.82) is 0 Å². The SMILES string of the molecule is CSc1ccc(C#C[C@H]2O[C@@H]3O[C@@]4(C)CC[C@H]5[C@H](C)CC[C@@H]([C@H]2C)[C@@]35OO4)cc1. The molecule has 4 heterocycles. The average Bonchev–Trinajstić information content (AvgIpc) is 2.96. The number of benzene rings is 1. The molecular formula is C24H30O4S. The van der Waals surface area contributed by atoms with Crippen molar-refractivity contribution in [2.24, 2.45) is 23.7 Å². The van der Waals surface area contributed by atoms with Crippen LogP contribution in [0.25, 0.3) is 0 Å². The van der Waals surface area contributed by atoms with Crippen molar-refractivity contribution in [3.8, 4) is 11.8 Å². The van der Waals surface area contributed by atoms with Crippen LogP contribution in [-0.4, -0.2) is 30.0 Å². The molecule has 0 radical (unpaired) electrons. The van der Waals surface area contributed by atoms with Gasteiger partial charge in [-0.25, -0.2) is 9.78 Å². The molecule has 6 rings (SSSR count).